The van der Waals surface area contributed by atoms with Crippen molar-refractivity contribution < 1.29 is 4.74 Å². The summed E-state index contributed by atoms with van der Waals surface area (Å²) in [5, 5.41) is 6.59. The molecule has 1 aromatic carbocycles. The normalized spacial score (nSPS) is 10.7. The number of ether oxygens (including phenoxy) is 1. The molecule has 5 nitrogen and oxygen atoms in total. The van der Waals surface area contributed by atoms with E-state index in [0.717, 1.165) is 42.5 Å². The Labute approximate surface area is 161 Å². The first-order valence-corrected chi connectivity index (χ1v) is 7.87. The highest BCUT2D eigenvalue weighted by molar-refractivity contribution is 14.0. The van der Waals surface area contributed by atoms with Crippen molar-refractivity contribution in [1.29, 1.82) is 0 Å². The predicted octanol–water partition coefficient (Wildman–Crippen LogP) is 3.01. The number of aromatic nitrogens is 1. The molecule has 1 aromatic heterocycles. The Hall–Kier alpha value is -1.83. The molecule has 0 amide bonds. The van der Waals surface area contributed by atoms with Crippen LogP contribution >= 0.6 is 24.0 Å². The minimum Gasteiger partial charge on any atom is -0.497 e. The molecule has 1 heterocycles. The van der Waals surface area contributed by atoms with Gasteiger partial charge in [-0.3, -0.25) is 4.98 Å². The highest BCUT2D eigenvalue weighted by Crippen LogP contribution is 2.13. The first-order chi connectivity index (χ1) is 11.3. The molecule has 0 aliphatic carbocycles. The van der Waals surface area contributed by atoms with E-state index in [2.05, 4.69) is 27.5 Å². The van der Waals surface area contributed by atoms with E-state index in [4.69, 9.17) is 4.74 Å². The second kappa shape index (κ2) is 11.7. The summed E-state index contributed by atoms with van der Waals surface area (Å²) in [5.74, 6) is 1.66. The van der Waals surface area contributed by atoms with Gasteiger partial charge in [0.25, 0.3) is 0 Å². The molecule has 2 rings (SSSR count). The van der Waals surface area contributed by atoms with Gasteiger partial charge in [-0.1, -0.05) is 18.2 Å². The van der Waals surface area contributed by atoms with Crippen LogP contribution in [-0.4, -0.2) is 31.1 Å². The number of methoxy groups -OCH3 is 1. The van der Waals surface area contributed by atoms with Crippen molar-refractivity contribution >= 4 is 29.9 Å². The monoisotopic (exact) mass is 440 g/mol. The third-order valence-corrected chi connectivity index (χ3v) is 3.30. The number of hydrogen-bond acceptors (Lipinski definition) is 3. The molecule has 2 N–H and O–H groups in total. The van der Waals surface area contributed by atoms with E-state index >= 15 is 0 Å². The van der Waals surface area contributed by atoms with Crippen LogP contribution in [0.3, 0.4) is 0 Å². The van der Waals surface area contributed by atoms with Gasteiger partial charge < -0.3 is 15.4 Å². The molecule has 6 heteroatoms. The van der Waals surface area contributed by atoms with E-state index in [1.54, 1.807) is 7.11 Å². The number of pyridine rings is 1. The third kappa shape index (κ3) is 7.16. The van der Waals surface area contributed by atoms with Crippen LogP contribution < -0.4 is 15.4 Å². The third-order valence-electron chi connectivity index (χ3n) is 3.30. The average Bonchev–Trinajstić information content (AvgIpc) is 2.61. The second-order valence-corrected chi connectivity index (χ2v) is 5.04. The van der Waals surface area contributed by atoms with Crippen molar-refractivity contribution in [1.82, 2.24) is 15.6 Å². The highest BCUT2D eigenvalue weighted by atomic mass is 127. The van der Waals surface area contributed by atoms with Crippen LogP contribution in [0.2, 0.25) is 0 Å². The molecule has 0 fully saturated rings. The molecule has 0 radical (unpaired) electrons. The largest absolute Gasteiger partial charge is 0.497 e. The van der Waals surface area contributed by atoms with Gasteiger partial charge in [-0.15, -0.1) is 24.0 Å². The molecule has 0 bridgehead atoms. The molecule has 0 saturated heterocycles. The van der Waals surface area contributed by atoms with Crippen LogP contribution in [0.15, 0.2) is 53.7 Å². The Morgan fingerprint density at radius 1 is 1.17 bits per heavy atom. The SMILES string of the molecule is CCNC(=NCc1cccc(OC)c1)NCCc1ccccn1.I. The van der Waals surface area contributed by atoms with Crippen molar-refractivity contribution in [2.75, 3.05) is 20.2 Å². The minimum atomic E-state index is 0. The number of nitrogens with one attached hydrogen (secondary N) is 2. The van der Waals surface area contributed by atoms with E-state index in [1.807, 2.05) is 48.7 Å². The lowest BCUT2D eigenvalue weighted by Crippen LogP contribution is -2.38. The maximum Gasteiger partial charge on any atom is 0.191 e. The fourth-order valence-corrected chi connectivity index (χ4v) is 2.14. The van der Waals surface area contributed by atoms with Gasteiger partial charge in [0, 0.05) is 31.4 Å². The zero-order valence-electron chi connectivity index (χ0n) is 14.2. The average molecular weight is 440 g/mol. The maximum atomic E-state index is 5.24. The van der Waals surface area contributed by atoms with E-state index in [-0.39, 0.29) is 24.0 Å². The molecule has 0 spiro atoms. The van der Waals surface area contributed by atoms with E-state index < -0.39 is 0 Å². The standard InChI is InChI=1S/C18H24N4O.HI/c1-3-19-18(21-12-10-16-8-4-5-11-20-16)22-14-15-7-6-9-17(13-15)23-2;/h4-9,11,13H,3,10,12,14H2,1-2H3,(H2,19,21,22);1H. The van der Waals surface area contributed by atoms with Gasteiger partial charge in [-0.05, 0) is 36.8 Å². The number of aliphatic imine (C=N–C) groups is 1. The number of nitrogens with zero attached hydrogens (tertiary/aromatic N) is 2. The van der Waals surface area contributed by atoms with E-state index in [0.29, 0.717) is 6.54 Å². The van der Waals surface area contributed by atoms with Crippen molar-refractivity contribution in [2.24, 2.45) is 4.99 Å². The second-order valence-electron chi connectivity index (χ2n) is 5.04. The van der Waals surface area contributed by atoms with Gasteiger partial charge in [0.05, 0.1) is 13.7 Å². The van der Waals surface area contributed by atoms with Crippen LogP contribution in [0, 0.1) is 0 Å². The van der Waals surface area contributed by atoms with Gasteiger partial charge in [0.2, 0.25) is 0 Å². The summed E-state index contributed by atoms with van der Waals surface area (Å²) >= 11 is 0. The lowest BCUT2D eigenvalue weighted by atomic mass is 10.2. The first-order valence-electron chi connectivity index (χ1n) is 7.87. The summed E-state index contributed by atoms with van der Waals surface area (Å²) in [5.41, 5.74) is 2.19. The molecule has 0 aliphatic heterocycles. The zero-order chi connectivity index (χ0) is 16.3. The summed E-state index contributed by atoms with van der Waals surface area (Å²) in [6.45, 7) is 4.28. The Kier molecular flexibility index (Phi) is 9.83. The molecular weight excluding hydrogens is 415 g/mol. The molecular formula is C18H25IN4O. The summed E-state index contributed by atoms with van der Waals surface area (Å²) in [6, 6.07) is 13.9. The summed E-state index contributed by atoms with van der Waals surface area (Å²) < 4.78 is 5.24. The lowest BCUT2D eigenvalue weighted by molar-refractivity contribution is 0.414. The van der Waals surface area contributed by atoms with Gasteiger partial charge in [-0.25, -0.2) is 4.99 Å². The summed E-state index contributed by atoms with van der Waals surface area (Å²) in [7, 11) is 1.67. The molecule has 24 heavy (non-hydrogen) atoms. The number of rotatable bonds is 7. The van der Waals surface area contributed by atoms with E-state index in [9.17, 15) is 0 Å². The summed E-state index contributed by atoms with van der Waals surface area (Å²) in [4.78, 5) is 8.93. The van der Waals surface area contributed by atoms with Gasteiger partial charge in [-0.2, -0.15) is 0 Å². The fourth-order valence-electron chi connectivity index (χ4n) is 2.14. The number of guanidine groups is 1. The molecule has 2 aromatic rings. The topological polar surface area (TPSA) is 58.5 Å². The Balaban J connectivity index is 0.00000288. The smallest absolute Gasteiger partial charge is 0.191 e. The molecule has 0 aliphatic rings. The Morgan fingerprint density at radius 3 is 2.75 bits per heavy atom. The number of halogens is 1. The van der Waals surface area contributed by atoms with Crippen molar-refractivity contribution in [2.45, 2.75) is 19.9 Å². The van der Waals surface area contributed by atoms with Gasteiger partial charge >= 0.3 is 0 Å². The van der Waals surface area contributed by atoms with E-state index in [1.165, 1.54) is 0 Å². The lowest BCUT2D eigenvalue weighted by Gasteiger charge is -2.11. The first kappa shape index (κ1) is 20.2. The minimum absolute atomic E-state index is 0. The van der Waals surface area contributed by atoms with Crippen LogP contribution in [0.5, 0.6) is 5.75 Å². The quantitative estimate of drug-likeness (QED) is 0.395. The van der Waals surface area contributed by atoms with Crippen molar-refractivity contribution in [3.63, 3.8) is 0 Å². The number of hydrogen-bond donors (Lipinski definition) is 2. The molecule has 0 atom stereocenters. The van der Waals surface area contributed by atoms with Crippen LogP contribution in [0.4, 0.5) is 0 Å². The van der Waals surface area contributed by atoms with Gasteiger partial charge in [0.1, 0.15) is 5.75 Å². The van der Waals surface area contributed by atoms with Crippen molar-refractivity contribution in [3.05, 3.63) is 59.9 Å². The molecule has 0 unspecified atom stereocenters. The Morgan fingerprint density at radius 2 is 2.04 bits per heavy atom. The predicted molar refractivity (Wildman–Crippen MR) is 109 cm³/mol. The molecule has 130 valence electrons. The van der Waals surface area contributed by atoms with Crippen molar-refractivity contribution in [3.8, 4) is 5.75 Å². The number of benzene rings is 1. The summed E-state index contributed by atoms with van der Waals surface area (Å²) in [6.07, 6.45) is 2.68. The van der Waals surface area contributed by atoms with Crippen LogP contribution in [-0.2, 0) is 13.0 Å². The fraction of sp³-hybridized carbons (Fsp3) is 0.333. The van der Waals surface area contributed by atoms with Crippen LogP contribution in [0.25, 0.3) is 0 Å². The Bertz CT molecular complexity index is 619. The molecule has 0 saturated carbocycles. The van der Waals surface area contributed by atoms with Crippen LogP contribution in [0.1, 0.15) is 18.2 Å². The maximum absolute atomic E-state index is 5.24. The van der Waals surface area contributed by atoms with Gasteiger partial charge in [0.15, 0.2) is 5.96 Å². The highest BCUT2D eigenvalue weighted by Gasteiger charge is 2.00. The zero-order valence-corrected chi connectivity index (χ0v) is 16.5.